The number of carbonyl (C=O) groups is 1. The van der Waals surface area contributed by atoms with Gasteiger partial charge in [0.1, 0.15) is 0 Å². The van der Waals surface area contributed by atoms with Crippen molar-refractivity contribution in [2.24, 2.45) is 0 Å². The van der Waals surface area contributed by atoms with Gasteiger partial charge in [-0.15, -0.1) is 12.8 Å². The van der Waals surface area contributed by atoms with E-state index >= 15 is 0 Å². The van der Waals surface area contributed by atoms with Crippen molar-refractivity contribution in [2.45, 2.75) is 0 Å². The van der Waals surface area contributed by atoms with Crippen LogP contribution in [0.3, 0.4) is 0 Å². The minimum Gasteiger partial charge on any atom is -0.450 e. The first kappa shape index (κ1) is 10.2. The van der Waals surface area contributed by atoms with Gasteiger partial charge in [0.05, 0.1) is 0 Å². The van der Waals surface area contributed by atoms with Crippen molar-refractivity contribution in [1.29, 1.82) is 0 Å². The summed E-state index contributed by atoms with van der Waals surface area (Å²) in [6.07, 6.45) is 6.66. The highest BCUT2D eigenvalue weighted by Gasteiger charge is 1.87. The summed E-state index contributed by atoms with van der Waals surface area (Å²) in [7, 11) is 0. The number of hydrogen-bond donors (Lipinski definition) is 1. The topological polar surface area (TPSA) is 46.5 Å². The van der Waals surface area contributed by atoms with Crippen molar-refractivity contribution in [3.63, 3.8) is 0 Å². The van der Waals surface area contributed by atoms with Crippen molar-refractivity contribution in [1.82, 2.24) is 0 Å². The lowest BCUT2D eigenvalue weighted by atomic mass is 11.4. The monoisotopic (exact) mass is 136 g/mol. The maximum absolute atomic E-state index is 9.29. The van der Waals surface area contributed by atoms with Crippen LogP contribution in [-0.2, 0) is 4.74 Å². The van der Waals surface area contributed by atoms with Crippen LogP contribution >= 0.6 is 11.6 Å². The molecule has 0 bridgehead atoms. The van der Waals surface area contributed by atoms with Gasteiger partial charge < -0.3 is 9.84 Å². The second-order valence-electron chi connectivity index (χ2n) is 0.519. The number of carboxylic acid groups (broad SMARTS) is 1. The van der Waals surface area contributed by atoms with Crippen LogP contribution in [0, 0.1) is 12.8 Å². The SMILES string of the molecule is C#C.O=C(O)OCCl. The first-order valence-corrected chi connectivity index (χ1v) is 2.06. The summed E-state index contributed by atoms with van der Waals surface area (Å²) in [6.45, 7) is 0. The number of halogens is 1. The van der Waals surface area contributed by atoms with E-state index in [0.717, 1.165) is 0 Å². The Morgan fingerprint density at radius 3 is 2.12 bits per heavy atom. The molecule has 0 aromatic carbocycles. The summed E-state index contributed by atoms with van der Waals surface area (Å²) in [6, 6.07) is -0.296. The Morgan fingerprint density at radius 2 is 2.12 bits per heavy atom. The second kappa shape index (κ2) is 9.45. The molecule has 0 amide bonds. The minimum atomic E-state index is -1.34. The lowest BCUT2D eigenvalue weighted by Crippen LogP contribution is -1.95. The molecule has 0 radical (unpaired) electrons. The van der Waals surface area contributed by atoms with Gasteiger partial charge in [0.2, 0.25) is 0 Å². The lowest BCUT2D eigenvalue weighted by Gasteiger charge is -1.85. The number of alkyl halides is 1. The molecule has 1 N–H and O–H groups in total. The number of ether oxygens (including phenoxy) is 1. The third-order valence-corrected chi connectivity index (χ3v) is 0.287. The molecule has 8 heavy (non-hydrogen) atoms. The number of rotatable bonds is 1. The molecule has 3 nitrogen and oxygen atoms in total. The Morgan fingerprint density at radius 1 is 1.75 bits per heavy atom. The van der Waals surface area contributed by atoms with Crippen LogP contribution in [0.25, 0.3) is 0 Å². The predicted octanol–water partition coefficient (Wildman–Crippen LogP) is 1.13. The maximum Gasteiger partial charge on any atom is 0.506 e. The quantitative estimate of drug-likeness (QED) is 0.334. The van der Waals surface area contributed by atoms with E-state index < -0.39 is 6.16 Å². The van der Waals surface area contributed by atoms with E-state index in [4.69, 9.17) is 16.7 Å². The summed E-state index contributed by atoms with van der Waals surface area (Å²) >= 11 is 4.79. The minimum absolute atomic E-state index is 0.296. The van der Waals surface area contributed by atoms with Crippen molar-refractivity contribution in [3.05, 3.63) is 0 Å². The van der Waals surface area contributed by atoms with E-state index in [1.807, 2.05) is 0 Å². The molecule has 0 aromatic rings. The van der Waals surface area contributed by atoms with Gasteiger partial charge >= 0.3 is 6.16 Å². The zero-order valence-corrected chi connectivity index (χ0v) is 4.76. The van der Waals surface area contributed by atoms with E-state index in [0.29, 0.717) is 0 Å². The molecule has 0 unspecified atom stereocenters. The van der Waals surface area contributed by atoms with Crippen molar-refractivity contribution in [2.75, 3.05) is 6.07 Å². The molecular weight excluding hydrogens is 131 g/mol. The Balaban J connectivity index is 0. The molecule has 0 saturated carbocycles. The fraction of sp³-hybridized carbons (Fsp3) is 0.250. The Bertz CT molecular complexity index is 78.6. The molecule has 46 valence electrons. The molecule has 0 spiro atoms. The zero-order chi connectivity index (χ0) is 6.99. The molecule has 0 fully saturated rings. The highest BCUT2D eigenvalue weighted by molar-refractivity contribution is 6.17. The summed E-state index contributed by atoms with van der Waals surface area (Å²) in [5.74, 6) is 0. The van der Waals surface area contributed by atoms with Crippen molar-refractivity contribution >= 4 is 17.8 Å². The van der Waals surface area contributed by atoms with Crippen LogP contribution in [0.1, 0.15) is 0 Å². The predicted molar refractivity (Wildman–Crippen MR) is 29.7 cm³/mol. The highest BCUT2D eigenvalue weighted by atomic mass is 35.5. The summed E-state index contributed by atoms with van der Waals surface area (Å²) in [5, 5.41) is 7.61. The average molecular weight is 137 g/mol. The molecule has 0 aliphatic heterocycles. The molecule has 0 aromatic heterocycles. The van der Waals surface area contributed by atoms with Gasteiger partial charge in [0.25, 0.3) is 0 Å². The first-order valence-electron chi connectivity index (χ1n) is 1.52. The van der Waals surface area contributed by atoms with Gasteiger partial charge in [0, 0.05) is 0 Å². The third kappa shape index (κ3) is 19.3. The van der Waals surface area contributed by atoms with Gasteiger partial charge in [-0.05, 0) is 0 Å². The standard InChI is InChI=1S/C2H3ClO3.C2H2/c3-1-6-2(4)5;1-2/h1H2,(H,4,5);1-2H. The van der Waals surface area contributed by atoms with Gasteiger partial charge in [-0.3, -0.25) is 0 Å². The average Bonchev–Trinajstić information content (AvgIpc) is 1.72. The molecule has 0 aliphatic carbocycles. The molecular formula is C4H5ClO3. The van der Waals surface area contributed by atoms with Crippen LogP contribution in [-0.4, -0.2) is 17.3 Å². The molecule has 0 aliphatic rings. The van der Waals surface area contributed by atoms with E-state index in [-0.39, 0.29) is 6.07 Å². The van der Waals surface area contributed by atoms with Gasteiger partial charge in [0.15, 0.2) is 6.07 Å². The smallest absolute Gasteiger partial charge is 0.450 e. The second-order valence-corrected chi connectivity index (χ2v) is 0.738. The van der Waals surface area contributed by atoms with Crippen molar-refractivity contribution < 1.29 is 14.6 Å². The third-order valence-electron chi connectivity index (χ3n) is 0.178. The molecule has 0 rings (SSSR count). The fourth-order valence-electron chi connectivity index (χ4n) is 0.0467. The lowest BCUT2D eigenvalue weighted by molar-refractivity contribution is 0.107. The van der Waals surface area contributed by atoms with Crippen LogP contribution in [0.15, 0.2) is 0 Å². The van der Waals surface area contributed by atoms with Gasteiger partial charge in [-0.25, -0.2) is 4.79 Å². The largest absolute Gasteiger partial charge is 0.506 e. The van der Waals surface area contributed by atoms with Gasteiger partial charge in [-0.2, -0.15) is 0 Å². The Kier molecular flexibility index (Phi) is 12.0. The van der Waals surface area contributed by atoms with E-state index in [2.05, 4.69) is 17.6 Å². The summed E-state index contributed by atoms with van der Waals surface area (Å²) in [4.78, 5) is 9.29. The van der Waals surface area contributed by atoms with Crippen LogP contribution in [0.5, 0.6) is 0 Å². The van der Waals surface area contributed by atoms with Crippen LogP contribution in [0.4, 0.5) is 4.79 Å². The summed E-state index contributed by atoms with van der Waals surface area (Å²) < 4.78 is 3.72. The van der Waals surface area contributed by atoms with E-state index in [9.17, 15) is 4.79 Å². The Hall–Kier alpha value is -0.880. The number of hydrogen-bond acceptors (Lipinski definition) is 2. The molecule has 0 heterocycles. The van der Waals surface area contributed by atoms with E-state index in [1.54, 1.807) is 0 Å². The zero-order valence-electron chi connectivity index (χ0n) is 4.00. The van der Waals surface area contributed by atoms with Gasteiger partial charge in [-0.1, -0.05) is 11.6 Å². The fourth-order valence-corrected chi connectivity index (χ4v) is 0.140. The summed E-state index contributed by atoms with van der Waals surface area (Å²) in [5.41, 5.74) is 0. The molecule has 0 saturated heterocycles. The van der Waals surface area contributed by atoms with E-state index in [1.165, 1.54) is 0 Å². The maximum atomic E-state index is 9.29. The normalized spacial score (nSPS) is 5.88. The first-order chi connectivity index (χ1) is 3.77. The van der Waals surface area contributed by atoms with Crippen LogP contribution < -0.4 is 0 Å². The Labute approximate surface area is 52.2 Å². The molecule has 4 heteroatoms. The van der Waals surface area contributed by atoms with Crippen molar-refractivity contribution in [3.8, 4) is 12.8 Å². The highest BCUT2D eigenvalue weighted by Crippen LogP contribution is 1.76. The number of terminal acetylenes is 1. The molecule has 0 atom stereocenters. The van der Waals surface area contributed by atoms with Crippen LogP contribution in [0.2, 0.25) is 0 Å².